The molecule has 6 heterocycles. The minimum absolute atomic E-state index is 0.00176. The zero-order valence-electron chi connectivity index (χ0n) is 18.0. The number of amides is 1. The van der Waals surface area contributed by atoms with E-state index < -0.39 is 0 Å². The minimum Gasteiger partial charge on any atom is -0.364 e. The van der Waals surface area contributed by atoms with Crippen LogP contribution in [0.5, 0.6) is 0 Å². The van der Waals surface area contributed by atoms with Gasteiger partial charge in [0.15, 0.2) is 0 Å². The number of nitrogens with one attached hydrogen (secondary N) is 3. The number of rotatable bonds is 3. The fourth-order valence-electron chi connectivity index (χ4n) is 6.28. The van der Waals surface area contributed by atoms with Crippen molar-refractivity contribution in [1.29, 1.82) is 0 Å². The molecule has 3 aromatic heterocycles. The van der Waals surface area contributed by atoms with Crippen molar-refractivity contribution >= 4 is 34.3 Å². The van der Waals surface area contributed by atoms with Crippen LogP contribution in [0.4, 0.5) is 17.3 Å². The summed E-state index contributed by atoms with van der Waals surface area (Å²) in [4.78, 5) is 24.6. The smallest absolute Gasteiger partial charge is 0.268 e. The molecule has 3 aromatic rings. The first-order chi connectivity index (χ1) is 15.7. The largest absolute Gasteiger partial charge is 0.364 e. The third-order valence-electron chi connectivity index (χ3n) is 7.86. The van der Waals surface area contributed by atoms with Gasteiger partial charge in [0.1, 0.15) is 23.0 Å². The second-order valence-electron chi connectivity index (χ2n) is 9.76. The molecule has 1 aliphatic carbocycles. The highest BCUT2D eigenvalue weighted by molar-refractivity contribution is 5.99. The monoisotopic (exact) mass is 429 g/mol. The van der Waals surface area contributed by atoms with Gasteiger partial charge >= 0.3 is 0 Å². The molecule has 1 amide bonds. The van der Waals surface area contributed by atoms with Gasteiger partial charge in [-0.15, -0.1) is 0 Å². The molecule has 3 aliphatic heterocycles. The molecule has 4 aliphatic rings. The Balaban J connectivity index is 1.20. The van der Waals surface area contributed by atoms with Crippen molar-refractivity contribution in [1.82, 2.24) is 25.2 Å². The van der Waals surface area contributed by atoms with Crippen LogP contribution in [0, 0.1) is 0 Å². The van der Waals surface area contributed by atoms with Crippen LogP contribution in [0.15, 0.2) is 36.5 Å². The van der Waals surface area contributed by atoms with E-state index in [1.54, 1.807) is 0 Å². The number of carbonyl (C=O) groups is 1. The topological polar surface area (TPSA) is 87.1 Å². The van der Waals surface area contributed by atoms with Crippen molar-refractivity contribution in [2.45, 2.75) is 49.7 Å². The second-order valence-corrected chi connectivity index (χ2v) is 9.76. The van der Waals surface area contributed by atoms with E-state index in [4.69, 9.17) is 4.98 Å². The number of carbonyl (C=O) groups excluding carboxylic acids is 1. The van der Waals surface area contributed by atoms with E-state index in [1.807, 2.05) is 30.5 Å². The number of piperazine rings is 1. The predicted molar refractivity (Wildman–Crippen MR) is 124 cm³/mol. The molecule has 0 radical (unpaired) electrons. The van der Waals surface area contributed by atoms with Crippen LogP contribution in [-0.4, -0.2) is 52.2 Å². The molecule has 3 N–H and O–H groups in total. The van der Waals surface area contributed by atoms with Crippen molar-refractivity contribution in [3.8, 4) is 0 Å². The first-order valence-corrected chi connectivity index (χ1v) is 11.7. The summed E-state index contributed by atoms with van der Waals surface area (Å²) in [5.41, 5.74) is 2.76. The maximum Gasteiger partial charge on any atom is 0.268 e. The predicted octanol–water partition coefficient (Wildman–Crippen LogP) is 2.74. The zero-order valence-corrected chi connectivity index (χ0v) is 18.0. The number of pyridine rings is 2. The van der Waals surface area contributed by atoms with E-state index >= 15 is 0 Å². The molecule has 1 saturated carbocycles. The Labute approximate surface area is 186 Å². The van der Waals surface area contributed by atoms with Crippen LogP contribution in [0.1, 0.15) is 42.6 Å². The molecular weight excluding hydrogens is 402 g/mol. The van der Waals surface area contributed by atoms with Gasteiger partial charge in [0.25, 0.3) is 5.91 Å². The normalized spacial score (nSPS) is 25.5. The van der Waals surface area contributed by atoms with E-state index in [-0.39, 0.29) is 11.4 Å². The van der Waals surface area contributed by atoms with Crippen molar-refractivity contribution in [2.24, 2.45) is 0 Å². The van der Waals surface area contributed by atoms with Crippen molar-refractivity contribution in [2.75, 3.05) is 29.9 Å². The average Bonchev–Trinajstić information content (AvgIpc) is 3.60. The van der Waals surface area contributed by atoms with Gasteiger partial charge < -0.3 is 25.4 Å². The van der Waals surface area contributed by atoms with Gasteiger partial charge in [0, 0.05) is 37.1 Å². The highest BCUT2D eigenvalue weighted by atomic mass is 16.2. The zero-order chi connectivity index (χ0) is 21.3. The molecule has 8 nitrogen and oxygen atoms in total. The van der Waals surface area contributed by atoms with Gasteiger partial charge in [-0.1, -0.05) is 12.8 Å². The summed E-state index contributed by atoms with van der Waals surface area (Å²) in [6.07, 6.45) is 7.74. The molecule has 2 saturated heterocycles. The molecule has 32 heavy (non-hydrogen) atoms. The number of fused-ring (bicyclic) bond motifs is 6. The lowest BCUT2D eigenvalue weighted by atomic mass is 9.94. The molecule has 3 fully saturated rings. The lowest BCUT2D eigenvalue weighted by molar-refractivity contribution is 0.0876. The number of nitrogens with zero attached hydrogens (tertiary/aromatic N) is 4. The van der Waals surface area contributed by atoms with Crippen molar-refractivity contribution < 1.29 is 4.79 Å². The quantitative estimate of drug-likeness (QED) is 0.594. The Morgan fingerprint density at radius 3 is 2.75 bits per heavy atom. The first-order valence-electron chi connectivity index (χ1n) is 11.7. The summed E-state index contributed by atoms with van der Waals surface area (Å²) in [7, 11) is 0. The van der Waals surface area contributed by atoms with E-state index in [1.165, 1.54) is 24.9 Å². The Morgan fingerprint density at radius 2 is 2.00 bits per heavy atom. The number of hydrogen-bond acceptors (Lipinski definition) is 6. The lowest BCUT2D eigenvalue weighted by Crippen LogP contribution is -2.50. The third kappa shape index (κ3) is 2.68. The maximum absolute atomic E-state index is 12.6. The van der Waals surface area contributed by atoms with E-state index in [9.17, 15) is 4.79 Å². The van der Waals surface area contributed by atoms with Crippen molar-refractivity contribution in [3.05, 3.63) is 42.2 Å². The van der Waals surface area contributed by atoms with Gasteiger partial charge in [0.2, 0.25) is 0 Å². The fourth-order valence-corrected chi connectivity index (χ4v) is 6.28. The lowest BCUT2D eigenvalue weighted by Gasteiger charge is -2.37. The van der Waals surface area contributed by atoms with Crippen LogP contribution >= 0.6 is 0 Å². The van der Waals surface area contributed by atoms with Crippen LogP contribution in [0.3, 0.4) is 0 Å². The van der Waals surface area contributed by atoms with Crippen molar-refractivity contribution in [3.63, 3.8) is 0 Å². The average molecular weight is 430 g/mol. The Hall–Kier alpha value is -3.13. The fraction of sp³-hybridized carbons (Fsp3) is 0.458. The number of hydrogen-bond donors (Lipinski definition) is 3. The van der Waals surface area contributed by atoms with E-state index in [2.05, 4.69) is 36.5 Å². The van der Waals surface area contributed by atoms with E-state index in [0.29, 0.717) is 18.6 Å². The highest BCUT2D eigenvalue weighted by Gasteiger charge is 2.42. The maximum atomic E-state index is 12.6. The molecule has 7 rings (SSSR count). The van der Waals surface area contributed by atoms with Crippen LogP contribution < -0.4 is 20.9 Å². The van der Waals surface area contributed by atoms with Gasteiger partial charge in [-0.3, -0.25) is 4.79 Å². The second kappa shape index (κ2) is 6.68. The van der Waals surface area contributed by atoms with Gasteiger partial charge in [0.05, 0.1) is 17.4 Å². The summed E-state index contributed by atoms with van der Waals surface area (Å²) in [6.45, 7) is 2.82. The SMILES string of the molecule is O=C1NCC2(CCCC2)n2c1cc1ccc(Nc3ccc(N4CC5C[C@@H]4CN5)cn3)nc12. The van der Waals surface area contributed by atoms with Gasteiger partial charge in [-0.25, -0.2) is 9.97 Å². The molecule has 8 heteroatoms. The van der Waals surface area contributed by atoms with Crippen LogP contribution in [-0.2, 0) is 5.54 Å². The third-order valence-corrected chi connectivity index (χ3v) is 7.86. The number of aromatic nitrogens is 3. The molecule has 1 unspecified atom stereocenters. The molecule has 2 bridgehead atoms. The summed E-state index contributed by atoms with van der Waals surface area (Å²) in [5.74, 6) is 1.53. The first kappa shape index (κ1) is 18.4. The molecule has 1 spiro atoms. The van der Waals surface area contributed by atoms with Crippen LogP contribution in [0.25, 0.3) is 11.0 Å². The Morgan fingerprint density at radius 1 is 1.12 bits per heavy atom. The molecule has 164 valence electrons. The van der Waals surface area contributed by atoms with Gasteiger partial charge in [-0.05, 0) is 49.6 Å². The molecular formula is C24H27N7O. The number of anilines is 3. The highest BCUT2D eigenvalue weighted by Crippen LogP contribution is 2.42. The minimum atomic E-state index is -0.0412. The van der Waals surface area contributed by atoms with Crippen LogP contribution in [0.2, 0.25) is 0 Å². The summed E-state index contributed by atoms with van der Waals surface area (Å²) in [6, 6.07) is 11.4. The molecule has 2 atom stereocenters. The van der Waals surface area contributed by atoms with Gasteiger partial charge in [-0.2, -0.15) is 0 Å². The summed E-state index contributed by atoms with van der Waals surface area (Å²) >= 11 is 0. The Kier molecular flexibility index (Phi) is 3.85. The Bertz CT molecular complexity index is 1210. The summed E-state index contributed by atoms with van der Waals surface area (Å²) < 4.78 is 2.21. The standard InChI is InChI=1S/C24H27N7O/c32-23-19-9-15-3-5-21(29-22(15)31(19)24(14-27-23)7-1-2-8-24)28-20-6-4-17(11-26-20)30-13-16-10-18(30)12-25-16/h3-6,9,11,16,18,25H,1-2,7-8,10,12-14H2,(H,27,32)(H,26,28,29)/t16?,18-/m1/s1. The molecule has 0 aromatic carbocycles. The summed E-state index contributed by atoms with van der Waals surface area (Å²) in [5, 5.41) is 11.0. The van der Waals surface area contributed by atoms with E-state index in [0.717, 1.165) is 54.3 Å².